The van der Waals surface area contributed by atoms with Gasteiger partial charge in [-0.3, -0.25) is 4.79 Å². The number of ether oxygens (including phenoxy) is 1. The third-order valence-electron chi connectivity index (χ3n) is 4.14. The molecule has 2 atom stereocenters. The van der Waals surface area contributed by atoms with Crippen LogP contribution in [0.2, 0.25) is 0 Å². The molecule has 0 saturated carbocycles. The summed E-state index contributed by atoms with van der Waals surface area (Å²) in [5.74, 6) is 0.595. The Morgan fingerprint density at radius 3 is 2.90 bits per heavy atom. The number of esters is 1. The van der Waals surface area contributed by atoms with Gasteiger partial charge >= 0.3 is 5.97 Å². The van der Waals surface area contributed by atoms with Crippen LogP contribution >= 0.6 is 0 Å². The highest BCUT2D eigenvalue weighted by Crippen LogP contribution is 2.37. The topological polar surface area (TPSA) is 59.7 Å². The van der Waals surface area contributed by atoms with Crippen molar-refractivity contribution in [2.45, 2.75) is 45.6 Å². The molecule has 0 aromatic carbocycles. The van der Waals surface area contributed by atoms with Gasteiger partial charge < -0.3 is 14.3 Å². The zero-order valence-corrected chi connectivity index (χ0v) is 13.0. The van der Waals surface area contributed by atoms with Crippen LogP contribution in [0.4, 0.5) is 0 Å². The van der Waals surface area contributed by atoms with Gasteiger partial charge in [-0.15, -0.1) is 0 Å². The fourth-order valence-corrected chi connectivity index (χ4v) is 3.03. The second-order valence-electron chi connectivity index (χ2n) is 6.30. The van der Waals surface area contributed by atoms with Crippen LogP contribution in [0.25, 0.3) is 0 Å². The Morgan fingerprint density at radius 1 is 1.57 bits per heavy atom. The number of hydrogen-bond donors (Lipinski definition) is 1. The van der Waals surface area contributed by atoms with E-state index in [4.69, 9.17) is 9.15 Å². The minimum atomic E-state index is -1.05. The van der Waals surface area contributed by atoms with Crippen LogP contribution < -0.4 is 0 Å². The van der Waals surface area contributed by atoms with Crippen LogP contribution in [-0.2, 0) is 16.0 Å². The van der Waals surface area contributed by atoms with Crippen molar-refractivity contribution in [1.82, 2.24) is 0 Å². The van der Waals surface area contributed by atoms with Gasteiger partial charge in [0.05, 0.1) is 12.5 Å². The number of carbonyl (C=O) groups excluding carboxylic acids is 1. The molecule has 0 radical (unpaired) electrons. The van der Waals surface area contributed by atoms with E-state index in [0.29, 0.717) is 18.3 Å². The minimum Gasteiger partial charge on any atom is -0.472 e. The van der Waals surface area contributed by atoms with Crippen molar-refractivity contribution in [2.75, 3.05) is 6.61 Å². The van der Waals surface area contributed by atoms with Gasteiger partial charge in [-0.1, -0.05) is 19.4 Å². The molecule has 1 N–H and O–H groups in total. The largest absolute Gasteiger partial charge is 0.472 e. The van der Waals surface area contributed by atoms with Gasteiger partial charge in [0.1, 0.15) is 12.2 Å². The predicted molar refractivity (Wildman–Crippen MR) is 79.6 cm³/mol. The molecule has 0 spiro atoms. The smallest absolute Gasteiger partial charge is 0.302 e. The maximum atomic E-state index is 11.0. The van der Waals surface area contributed by atoms with Gasteiger partial charge in [-0.05, 0) is 48.8 Å². The lowest BCUT2D eigenvalue weighted by molar-refractivity contribution is -0.147. The Balaban J connectivity index is 2.19. The Bertz CT molecular complexity index is 501. The van der Waals surface area contributed by atoms with Gasteiger partial charge in [0.2, 0.25) is 0 Å². The van der Waals surface area contributed by atoms with E-state index >= 15 is 0 Å². The first-order valence-electron chi connectivity index (χ1n) is 7.48. The molecule has 0 saturated heterocycles. The zero-order chi connectivity index (χ0) is 15.5. The molecule has 1 aliphatic carbocycles. The van der Waals surface area contributed by atoms with E-state index in [1.165, 1.54) is 12.5 Å². The molecule has 0 bridgehead atoms. The maximum absolute atomic E-state index is 11.0. The summed E-state index contributed by atoms with van der Waals surface area (Å²) in [6.45, 7) is 5.79. The van der Waals surface area contributed by atoms with Crippen molar-refractivity contribution in [1.29, 1.82) is 0 Å². The van der Waals surface area contributed by atoms with Crippen molar-refractivity contribution in [3.05, 3.63) is 35.8 Å². The third kappa shape index (κ3) is 4.21. The van der Waals surface area contributed by atoms with Gasteiger partial charge in [-0.25, -0.2) is 0 Å². The zero-order valence-electron chi connectivity index (χ0n) is 13.0. The molecule has 1 aromatic rings. The van der Waals surface area contributed by atoms with Crippen molar-refractivity contribution in [2.24, 2.45) is 11.8 Å². The quantitative estimate of drug-likeness (QED) is 0.669. The first-order valence-corrected chi connectivity index (χ1v) is 7.48. The summed E-state index contributed by atoms with van der Waals surface area (Å²) < 4.78 is 10.1. The number of carbonyl (C=O) groups is 1. The van der Waals surface area contributed by atoms with Crippen LogP contribution in [0.15, 0.2) is 34.7 Å². The van der Waals surface area contributed by atoms with Gasteiger partial charge in [0.15, 0.2) is 0 Å². The van der Waals surface area contributed by atoms with Crippen LogP contribution in [0, 0.1) is 11.8 Å². The molecular formula is C17H24O4. The van der Waals surface area contributed by atoms with Crippen LogP contribution in [-0.4, -0.2) is 23.3 Å². The van der Waals surface area contributed by atoms with E-state index in [1.54, 1.807) is 12.5 Å². The van der Waals surface area contributed by atoms with E-state index in [0.717, 1.165) is 18.4 Å². The molecule has 4 nitrogen and oxygen atoms in total. The monoisotopic (exact) mass is 292 g/mol. The summed E-state index contributed by atoms with van der Waals surface area (Å²) in [4.78, 5) is 11.0. The van der Waals surface area contributed by atoms with E-state index < -0.39 is 5.60 Å². The molecule has 1 aromatic heterocycles. The highest BCUT2D eigenvalue weighted by atomic mass is 16.5. The molecule has 0 amide bonds. The highest BCUT2D eigenvalue weighted by molar-refractivity contribution is 5.66. The summed E-state index contributed by atoms with van der Waals surface area (Å²) in [6, 6.07) is 1.94. The SMILES string of the molecule is CC(=O)OC[C@@]1(O)C=C(Cc2ccoc2)C(C(C)C)CC1. The molecule has 4 heteroatoms. The maximum Gasteiger partial charge on any atom is 0.302 e. The molecule has 21 heavy (non-hydrogen) atoms. The summed E-state index contributed by atoms with van der Waals surface area (Å²) in [5.41, 5.74) is 1.26. The van der Waals surface area contributed by atoms with E-state index in [9.17, 15) is 9.90 Å². The molecule has 1 aliphatic rings. The van der Waals surface area contributed by atoms with Crippen molar-refractivity contribution >= 4 is 5.97 Å². The lowest BCUT2D eigenvalue weighted by atomic mass is 9.73. The Hall–Kier alpha value is -1.55. The molecule has 0 aliphatic heterocycles. The second kappa shape index (κ2) is 6.48. The number of furan rings is 1. The van der Waals surface area contributed by atoms with E-state index in [1.807, 2.05) is 12.1 Å². The Kier molecular flexibility index (Phi) is 4.88. The van der Waals surface area contributed by atoms with Gasteiger partial charge in [-0.2, -0.15) is 0 Å². The Labute approximate surface area is 125 Å². The van der Waals surface area contributed by atoms with Crippen molar-refractivity contribution < 1.29 is 19.1 Å². The average molecular weight is 292 g/mol. The van der Waals surface area contributed by atoms with Gasteiger partial charge in [0, 0.05) is 6.92 Å². The molecule has 2 rings (SSSR count). The van der Waals surface area contributed by atoms with Crippen LogP contribution in [0.1, 0.15) is 39.2 Å². The van der Waals surface area contributed by atoms with Crippen LogP contribution in [0.5, 0.6) is 0 Å². The summed E-state index contributed by atoms with van der Waals surface area (Å²) in [7, 11) is 0. The summed E-state index contributed by atoms with van der Waals surface area (Å²) >= 11 is 0. The molecule has 1 unspecified atom stereocenters. The number of hydrogen-bond acceptors (Lipinski definition) is 4. The predicted octanol–water partition coefficient (Wildman–Crippen LogP) is 3.11. The van der Waals surface area contributed by atoms with E-state index in [-0.39, 0.29) is 12.6 Å². The van der Waals surface area contributed by atoms with Gasteiger partial charge in [0.25, 0.3) is 0 Å². The standard InChI is InChI=1S/C17H24O4/c1-12(2)16-4-6-17(19,11-21-13(3)18)9-15(16)8-14-5-7-20-10-14/h5,7,9-10,12,16,19H,4,6,8,11H2,1-3H3/t16?,17-/m0/s1. The number of rotatable bonds is 5. The number of aliphatic hydroxyl groups is 1. The lowest BCUT2D eigenvalue weighted by Crippen LogP contribution is -2.38. The minimum absolute atomic E-state index is 0.0298. The number of allylic oxidation sites excluding steroid dienone is 1. The molecule has 1 heterocycles. The van der Waals surface area contributed by atoms with Crippen molar-refractivity contribution in [3.8, 4) is 0 Å². The highest BCUT2D eigenvalue weighted by Gasteiger charge is 2.35. The Morgan fingerprint density at radius 2 is 2.33 bits per heavy atom. The summed E-state index contributed by atoms with van der Waals surface area (Å²) in [6.07, 6.45) is 7.59. The average Bonchev–Trinajstić information content (AvgIpc) is 2.89. The van der Waals surface area contributed by atoms with E-state index in [2.05, 4.69) is 13.8 Å². The van der Waals surface area contributed by atoms with Crippen molar-refractivity contribution in [3.63, 3.8) is 0 Å². The fraction of sp³-hybridized carbons (Fsp3) is 0.588. The first-order chi connectivity index (χ1) is 9.89. The lowest BCUT2D eigenvalue weighted by Gasteiger charge is -2.36. The third-order valence-corrected chi connectivity index (χ3v) is 4.14. The molecule has 0 fully saturated rings. The molecule has 116 valence electrons. The second-order valence-corrected chi connectivity index (χ2v) is 6.30. The summed E-state index contributed by atoms with van der Waals surface area (Å²) in [5, 5.41) is 10.6. The fourth-order valence-electron chi connectivity index (χ4n) is 3.03. The van der Waals surface area contributed by atoms with Crippen LogP contribution in [0.3, 0.4) is 0 Å². The molecular weight excluding hydrogens is 268 g/mol. The first kappa shape index (κ1) is 15.8. The normalized spacial score (nSPS) is 25.8.